The summed E-state index contributed by atoms with van der Waals surface area (Å²) in [5.41, 5.74) is 2.17. The number of methoxy groups -OCH3 is 1. The lowest BCUT2D eigenvalue weighted by molar-refractivity contribution is -0.122. The molecule has 0 unspecified atom stereocenters. The number of barbiturate groups is 1. The number of imide groups is 2. The number of halogens is 2. The predicted molar refractivity (Wildman–Crippen MR) is 137 cm³/mol. The van der Waals surface area contributed by atoms with Crippen molar-refractivity contribution in [2.24, 2.45) is 0 Å². The summed E-state index contributed by atoms with van der Waals surface area (Å²) in [6.45, 7) is 1.97. The summed E-state index contributed by atoms with van der Waals surface area (Å²) >= 11 is 9.43. The first-order valence-corrected chi connectivity index (χ1v) is 11.7. The molecular formula is C26H20BrClN2O5. The number of hydrogen-bond donors (Lipinski definition) is 1. The van der Waals surface area contributed by atoms with Gasteiger partial charge in [0.2, 0.25) is 0 Å². The molecule has 0 radical (unpaired) electrons. The molecule has 9 heteroatoms. The minimum Gasteiger partial charge on any atom is -0.497 e. The Balaban J connectivity index is 1.70. The molecule has 0 atom stereocenters. The Morgan fingerprint density at radius 2 is 1.86 bits per heavy atom. The van der Waals surface area contributed by atoms with Crippen LogP contribution in [-0.4, -0.2) is 25.0 Å². The van der Waals surface area contributed by atoms with E-state index in [0.29, 0.717) is 33.3 Å². The molecule has 0 bridgehead atoms. The number of hydrogen-bond acceptors (Lipinski definition) is 5. The van der Waals surface area contributed by atoms with Gasteiger partial charge in [0, 0.05) is 21.1 Å². The number of carbonyl (C=O) groups excluding carboxylic acids is 3. The number of rotatable bonds is 6. The quantitative estimate of drug-likeness (QED) is 0.313. The fraction of sp³-hybridized carbons (Fsp3) is 0.115. The number of anilines is 1. The lowest BCUT2D eigenvalue weighted by Crippen LogP contribution is -2.54. The second-order valence-corrected chi connectivity index (χ2v) is 9.06. The Morgan fingerprint density at radius 3 is 2.57 bits per heavy atom. The molecule has 178 valence electrons. The summed E-state index contributed by atoms with van der Waals surface area (Å²) in [6.07, 6.45) is 1.40. The van der Waals surface area contributed by atoms with Crippen molar-refractivity contribution in [1.82, 2.24) is 5.32 Å². The molecule has 4 rings (SSSR count). The Morgan fingerprint density at radius 1 is 1.06 bits per heavy atom. The largest absolute Gasteiger partial charge is 0.497 e. The maximum Gasteiger partial charge on any atom is 0.335 e. The number of amides is 4. The first-order valence-electron chi connectivity index (χ1n) is 10.5. The minimum absolute atomic E-state index is 0.201. The molecule has 1 saturated heterocycles. The van der Waals surface area contributed by atoms with Gasteiger partial charge in [-0.3, -0.25) is 14.9 Å². The highest BCUT2D eigenvalue weighted by atomic mass is 79.9. The normalized spacial score (nSPS) is 14.8. The fourth-order valence-corrected chi connectivity index (χ4v) is 4.26. The average molecular weight is 556 g/mol. The predicted octanol–water partition coefficient (Wildman–Crippen LogP) is 5.66. The van der Waals surface area contributed by atoms with Crippen molar-refractivity contribution in [2.45, 2.75) is 13.5 Å². The SMILES string of the molecule is COc1ccc(/C=C2/C(=O)NC(=O)N(c3ccc(Br)cc3C)C2=O)c(OCc2cccc(Cl)c2)c1. The van der Waals surface area contributed by atoms with Gasteiger partial charge in [0.1, 0.15) is 23.7 Å². The first-order chi connectivity index (χ1) is 16.8. The first kappa shape index (κ1) is 24.5. The van der Waals surface area contributed by atoms with Crippen LogP contribution in [-0.2, 0) is 16.2 Å². The molecule has 1 aliphatic rings. The standard InChI is InChI=1S/C26H20BrClN2O5/c1-15-10-18(27)7-9-22(15)30-25(32)21(24(31)29-26(30)33)12-17-6-8-20(34-2)13-23(17)35-14-16-4-3-5-19(28)11-16/h3-13H,14H2,1-2H3,(H,29,31,33)/b21-12-. The lowest BCUT2D eigenvalue weighted by atomic mass is 10.0. The summed E-state index contributed by atoms with van der Waals surface area (Å²) < 4.78 is 12.1. The van der Waals surface area contributed by atoms with Gasteiger partial charge in [-0.2, -0.15) is 0 Å². The van der Waals surface area contributed by atoms with E-state index in [1.165, 1.54) is 13.2 Å². The van der Waals surface area contributed by atoms with Gasteiger partial charge in [-0.1, -0.05) is 39.7 Å². The van der Waals surface area contributed by atoms with Crippen LogP contribution in [0.5, 0.6) is 11.5 Å². The van der Waals surface area contributed by atoms with Crippen molar-refractivity contribution in [3.8, 4) is 11.5 Å². The van der Waals surface area contributed by atoms with Gasteiger partial charge >= 0.3 is 6.03 Å². The number of aryl methyl sites for hydroxylation is 1. The highest BCUT2D eigenvalue weighted by Gasteiger charge is 2.37. The third-order valence-corrected chi connectivity index (χ3v) is 6.03. The highest BCUT2D eigenvalue weighted by molar-refractivity contribution is 9.10. The van der Waals surface area contributed by atoms with Crippen LogP contribution in [0.2, 0.25) is 5.02 Å². The number of ether oxygens (including phenoxy) is 2. The molecule has 1 N–H and O–H groups in total. The van der Waals surface area contributed by atoms with Crippen LogP contribution in [0.3, 0.4) is 0 Å². The van der Waals surface area contributed by atoms with E-state index in [1.807, 2.05) is 12.1 Å². The van der Waals surface area contributed by atoms with Gasteiger partial charge in [0.05, 0.1) is 12.8 Å². The van der Waals surface area contributed by atoms with Crippen molar-refractivity contribution in [3.05, 3.63) is 92.4 Å². The van der Waals surface area contributed by atoms with Crippen LogP contribution in [0.1, 0.15) is 16.7 Å². The smallest absolute Gasteiger partial charge is 0.335 e. The zero-order valence-corrected chi connectivity index (χ0v) is 21.1. The van der Waals surface area contributed by atoms with Gasteiger partial charge < -0.3 is 9.47 Å². The number of benzene rings is 3. The maximum absolute atomic E-state index is 13.3. The van der Waals surface area contributed by atoms with Crippen molar-refractivity contribution in [1.29, 1.82) is 0 Å². The molecule has 0 aliphatic carbocycles. The van der Waals surface area contributed by atoms with Crippen LogP contribution < -0.4 is 19.7 Å². The number of urea groups is 1. The van der Waals surface area contributed by atoms with Crippen molar-refractivity contribution >= 4 is 57.1 Å². The number of nitrogens with one attached hydrogen (secondary N) is 1. The van der Waals surface area contributed by atoms with E-state index in [-0.39, 0.29) is 12.2 Å². The van der Waals surface area contributed by atoms with E-state index in [0.717, 1.165) is 14.9 Å². The monoisotopic (exact) mass is 554 g/mol. The average Bonchev–Trinajstić information content (AvgIpc) is 2.82. The van der Waals surface area contributed by atoms with Crippen LogP contribution in [0.15, 0.2) is 70.7 Å². The summed E-state index contributed by atoms with van der Waals surface area (Å²) in [5, 5.41) is 2.82. The summed E-state index contributed by atoms with van der Waals surface area (Å²) in [5.74, 6) is -0.598. The van der Waals surface area contributed by atoms with Gasteiger partial charge in [0.15, 0.2) is 0 Å². The Labute approximate surface area is 215 Å². The van der Waals surface area contributed by atoms with Crippen LogP contribution in [0.4, 0.5) is 10.5 Å². The van der Waals surface area contributed by atoms with E-state index in [1.54, 1.807) is 55.5 Å². The van der Waals surface area contributed by atoms with E-state index in [9.17, 15) is 14.4 Å². The van der Waals surface area contributed by atoms with Gasteiger partial charge in [-0.15, -0.1) is 0 Å². The molecule has 1 fully saturated rings. The highest BCUT2D eigenvalue weighted by Crippen LogP contribution is 2.31. The zero-order chi connectivity index (χ0) is 25.1. The Kier molecular flexibility index (Phi) is 7.23. The molecule has 1 aliphatic heterocycles. The molecule has 0 saturated carbocycles. The zero-order valence-electron chi connectivity index (χ0n) is 18.8. The number of carbonyl (C=O) groups is 3. The molecule has 35 heavy (non-hydrogen) atoms. The molecule has 3 aromatic carbocycles. The second-order valence-electron chi connectivity index (χ2n) is 7.71. The maximum atomic E-state index is 13.3. The third-order valence-electron chi connectivity index (χ3n) is 5.31. The van der Waals surface area contributed by atoms with E-state index in [4.69, 9.17) is 21.1 Å². The molecular weight excluding hydrogens is 536 g/mol. The van der Waals surface area contributed by atoms with Gasteiger partial charge in [-0.25, -0.2) is 9.69 Å². The van der Waals surface area contributed by atoms with E-state index < -0.39 is 17.8 Å². The topological polar surface area (TPSA) is 84.9 Å². The van der Waals surface area contributed by atoms with Crippen LogP contribution in [0, 0.1) is 6.92 Å². The second kappa shape index (κ2) is 10.3. The molecule has 0 aromatic heterocycles. The third kappa shape index (κ3) is 5.39. The molecule has 3 aromatic rings. The van der Waals surface area contributed by atoms with Gasteiger partial charge in [-0.05, 0) is 66.6 Å². The van der Waals surface area contributed by atoms with Crippen LogP contribution >= 0.6 is 27.5 Å². The van der Waals surface area contributed by atoms with E-state index >= 15 is 0 Å². The van der Waals surface area contributed by atoms with Crippen molar-refractivity contribution in [3.63, 3.8) is 0 Å². The molecule has 4 amide bonds. The fourth-order valence-electron chi connectivity index (χ4n) is 3.58. The summed E-state index contributed by atoms with van der Waals surface area (Å²) in [7, 11) is 1.52. The molecule has 1 heterocycles. The van der Waals surface area contributed by atoms with Gasteiger partial charge in [0.25, 0.3) is 11.8 Å². The Bertz CT molecular complexity index is 1370. The van der Waals surface area contributed by atoms with Crippen molar-refractivity contribution in [2.75, 3.05) is 12.0 Å². The molecule has 7 nitrogen and oxygen atoms in total. The Hall–Kier alpha value is -3.62. The summed E-state index contributed by atoms with van der Waals surface area (Å²) in [6, 6.07) is 16.6. The minimum atomic E-state index is -0.810. The van der Waals surface area contributed by atoms with Crippen LogP contribution in [0.25, 0.3) is 6.08 Å². The lowest BCUT2D eigenvalue weighted by Gasteiger charge is -2.27. The summed E-state index contributed by atoms with van der Waals surface area (Å²) in [4.78, 5) is 39.5. The molecule has 0 spiro atoms. The van der Waals surface area contributed by atoms with E-state index in [2.05, 4.69) is 21.2 Å². The number of nitrogens with zero attached hydrogens (tertiary/aromatic N) is 1. The van der Waals surface area contributed by atoms with Crippen molar-refractivity contribution < 1.29 is 23.9 Å².